The van der Waals surface area contributed by atoms with Gasteiger partial charge in [0.2, 0.25) is 0 Å². The first-order valence-electron chi connectivity index (χ1n) is 11.4. The molecule has 0 aliphatic carbocycles. The van der Waals surface area contributed by atoms with E-state index in [1.165, 1.54) is 38.5 Å². The van der Waals surface area contributed by atoms with Crippen molar-refractivity contribution in [2.75, 3.05) is 6.61 Å². The van der Waals surface area contributed by atoms with Crippen molar-refractivity contribution >= 4 is 5.91 Å². The summed E-state index contributed by atoms with van der Waals surface area (Å²) in [7, 11) is 0. The Morgan fingerprint density at radius 1 is 0.967 bits per heavy atom. The first kappa shape index (κ1) is 23.9. The molecule has 2 N–H and O–H groups in total. The number of amides is 1. The van der Waals surface area contributed by atoms with Crippen molar-refractivity contribution < 1.29 is 14.7 Å². The monoisotopic (exact) mass is 415 g/mol. The quantitative estimate of drug-likeness (QED) is 0.213. The zero-order valence-corrected chi connectivity index (χ0v) is 18.5. The molecule has 0 aliphatic heterocycles. The van der Waals surface area contributed by atoms with E-state index in [-0.39, 0.29) is 5.69 Å². The third-order valence-corrected chi connectivity index (χ3v) is 5.25. The molecule has 1 aromatic carbocycles. The molecule has 0 radical (unpaired) electrons. The van der Waals surface area contributed by atoms with E-state index in [0.717, 1.165) is 49.2 Å². The third-order valence-electron chi connectivity index (χ3n) is 5.25. The molecule has 2 aromatic rings. The molecule has 0 saturated heterocycles. The summed E-state index contributed by atoms with van der Waals surface area (Å²) in [5.74, 6) is 0.250. The van der Waals surface area contributed by atoms with E-state index in [2.05, 4.69) is 18.9 Å². The van der Waals surface area contributed by atoms with Gasteiger partial charge in [-0.1, -0.05) is 65.2 Å². The Morgan fingerprint density at radius 3 is 2.23 bits per heavy atom. The maximum Gasteiger partial charge on any atom is 0.295 e. The van der Waals surface area contributed by atoms with Gasteiger partial charge in [-0.3, -0.25) is 14.7 Å². The van der Waals surface area contributed by atoms with E-state index in [1.807, 2.05) is 28.9 Å². The van der Waals surface area contributed by atoms with Crippen molar-refractivity contribution in [3.8, 4) is 17.0 Å². The van der Waals surface area contributed by atoms with Gasteiger partial charge in [0.05, 0.1) is 12.3 Å². The predicted octanol–water partition coefficient (Wildman–Crippen LogP) is 5.99. The molecule has 0 fully saturated rings. The molecule has 30 heavy (non-hydrogen) atoms. The lowest BCUT2D eigenvalue weighted by Crippen LogP contribution is -2.19. The minimum atomic E-state index is -0.592. The molecule has 1 aromatic heterocycles. The van der Waals surface area contributed by atoms with Crippen LogP contribution < -0.4 is 10.2 Å². The predicted molar refractivity (Wildman–Crippen MR) is 120 cm³/mol. The van der Waals surface area contributed by atoms with Crippen LogP contribution in [-0.2, 0) is 6.54 Å². The first-order valence-corrected chi connectivity index (χ1v) is 11.4. The summed E-state index contributed by atoms with van der Waals surface area (Å²) in [6.45, 7) is 5.84. The molecule has 0 spiro atoms. The van der Waals surface area contributed by atoms with Crippen LogP contribution in [0.1, 0.15) is 88.5 Å². The average Bonchev–Trinajstić information content (AvgIpc) is 3.20. The number of hydrogen-bond acceptors (Lipinski definition) is 4. The number of nitrogens with one attached hydrogen (secondary N) is 1. The fraction of sp³-hybridized carbons (Fsp3) is 0.583. The molecule has 6 heteroatoms. The Hall–Kier alpha value is -2.34. The second-order valence-electron chi connectivity index (χ2n) is 7.78. The van der Waals surface area contributed by atoms with Crippen LogP contribution in [0.4, 0.5) is 0 Å². The van der Waals surface area contributed by atoms with Gasteiger partial charge in [0.1, 0.15) is 5.75 Å². The summed E-state index contributed by atoms with van der Waals surface area (Å²) >= 11 is 0. The Kier molecular flexibility index (Phi) is 11.0. The van der Waals surface area contributed by atoms with Crippen LogP contribution in [0.5, 0.6) is 5.75 Å². The van der Waals surface area contributed by atoms with E-state index >= 15 is 0 Å². The smallest absolute Gasteiger partial charge is 0.295 e. The number of aryl methyl sites for hydroxylation is 1. The number of benzene rings is 1. The molecule has 1 heterocycles. The SMILES string of the molecule is CCCCCCCCCCn1nc(C(=O)NO)cc1-c1ccc(OCCCC)cc1. The Bertz CT molecular complexity index is 741. The highest BCUT2D eigenvalue weighted by atomic mass is 16.5. The summed E-state index contributed by atoms with van der Waals surface area (Å²) in [5, 5.41) is 13.4. The van der Waals surface area contributed by atoms with Gasteiger partial charge < -0.3 is 4.74 Å². The number of unbranched alkanes of at least 4 members (excludes halogenated alkanes) is 8. The molecule has 2 rings (SSSR count). The number of carbonyl (C=O) groups excluding carboxylic acids is 1. The van der Waals surface area contributed by atoms with E-state index in [0.29, 0.717) is 6.61 Å². The van der Waals surface area contributed by atoms with Crippen molar-refractivity contribution in [1.29, 1.82) is 0 Å². The largest absolute Gasteiger partial charge is 0.494 e. The number of carbonyl (C=O) groups is 1. The summed E-state index contributed by atoms with van der Waals surface area (Å²) in [5.41, 5.74) is 3.74. The van der Waals surface area contributed by atoms with E-state index in [1.54, 1.807) is 11.5 Å². The van der Waals surface area contributed by atoms with Crippen LogP contribution in [0.25, 0.3) is 11.3 Å². The molecular weight excluding hydrogens is 378 g/mol. The second-order valence-corrected chi connectivity index (χ2v) is 7.78. The van der Waals surface area contributed by atoms with Crippen LogP contribution in [0.2, 0.25) is 0 Å². The average molecular weight is 416 g/mol. The molecule has 0 unspecified atom stereocenters. The molecule has 1 amide bonds. The zero-order valence-electron chi connectivity index (χ0n) is 18.5. The molecule has 6 nitrogen and oxygen atoms in total. The molecule has 0 saturated carbocycles. The molecule has 0 atom stereocenters. The van der Waals surface area contributed by atoms with Crippen molar-refractivity contribution in [3.05, 3.63) is 36.0 Å². The van der Waals surface area contributed by atoms with E-state index in [4.69, 9.17) is 9.94 Å². The fourth-order valence-corrected chi connectivity index (χ4v) is 3.44. The van der Waals surface area contributed by atoms with Crippen molar-refractivity contribution in [2.24, 2.45) is 0 Å². The minimum Gasteiger partial charge on any atom is -0.494 e. The van der Waals surface area contributed by atoms with Crippen LogP contribution in [0, 0.1) is 0 Å². The van der Waals surface area contributed by atoms with Gasteiger partial charge in [-0.05, 0) is 43.2 Å². The van der Waals surface area contributed by atoms with Crippen LogP contribution in [0.3, 0.4) is 0 Å². The third kappa shape index (κ3) is 7.82. The van der Waals surface area contributed by atoms with Crippen molar-refractivity contribution in [1.82, 2.24) is 15.3 Å². The van der Waals surface area contributed by atoms with Gasteiger partial charge in [0.25, 0.3) is 5.91 Å². The second kappa shape index (κ2) is 13.8. The zero-order chi connectivity index (χ0) is 21.6. The van der Waals surface area contributed by atoms with Gasteiger partial charge in [0, 0.05) is 12.1 Å². The number of rotatable bonds is 15. The number of nitrogens with zero attached hydrogens (tertiary/aromatic N) is 2. The van der Waals surface area contributed by atoms with E-state index in [9.17, 15) is 4.79 Å². The first-order chi connectivity index (χ1) is 14.7. The fourth-order valence-electron chi connectivity index (χ4n) is 3.44. The normalized spacial score (nSPS) is 10.9. The number of hydrogen-bond donors (Lipinski definition) is 2. The summed E-state index contributed by atoms with van der Waals surface area (Å²) < 4.78 is 7.61. The highest BCUT2D eigenvalue weighted by molar-refractivity contribution is 5.92. The van der Waals surface area contributed by atoms with Crippen LogP contribution in [0.15, 0.2) is 30.3 Å². The van der Waals surface area contributed by atoms with Crippen molar-refractivity contribution in [2.45, 2.75) is 84.6 Å². The maximum atomic E-state index is 11.9. The highest BCUT2D eigenvalue weighted by Crippen LogP contribution is 2.24. The Labute approximate surface area is 180 Å². The number of hydroxylamine groups is 1. The topological polar surface area (TPSA) is 76.4 Å². The Morgan fingerprint density at radius 2 is 1.60 bits per heavy atom. The summed E-state index contributed by atoms with van der Waals surface area (Å²) in [6, 6.07) is 9.60. The van der Waals surface area contributed by atoms with Crippen LogP contribution >= 0.6 is 0 Å². The van der Waals surface area contributed by atoms with Crippen molar-refractivity contribution in [3.63, 3.8) is 0 Å². The molecule has 0 aliphatic rings. The highest BCUT2D eigenvalue weighted by Gasteiger charge is 2.15. The lowest BCUT2D eigenvalue weighted by Gasteiger charge is -2.09. The minimum absolute atomic E-state index is 0.218. The summed E-state index contributed by atoms with van der Waals surface area (Å²) in [4.78, 5) is 11.9. The standard InChI is InChI=1S/C24H37N3O3/c1-3-5-7-8-9-10-11-12-17-27-23(19-22(25-27)24(28)26-29)20-13-15-21(16-14-20)30-18-6-4-2/h13-16,19,29H,3-12,17-18H2,1-2H3,(H,26,28). The lowest BCUT2D eigenvalue weighted by atomic mass is 10.1. The molecule has 0 bridgehead atoms. The number of ether oxygens (including phenoxy) is 1. The van der Waals surface area contributed by atoms with Crippen LogP contribution in [-0.4, -0.2) is 27.5 Å². The number of aromatic nitrogens is 2. The van der Waals surface area contributed by atoms with Gasteiger partial charge in [-0.25, -0.2) is 5.48 Å². The van der Waals surface area contributed by atoms with Gasteiger partial charge in [-0.15, -0.1) is 0 Å². The maximum absolute atomic E-state index is 11.9. The molecular formula is C24H37N3O3. The van der Waals surface area contributed by atoms with Gasteiger partial charge >= 0.3 is 0 Å². The Balaban J connectivity index is 1.98. The summed E-state index contributed by atoms with van der Waals surface area (Å²) in [6.07, 6.45) is 12.1. The van der Waals surface area contributed by atoms with Gasteiger partial charge in [-0.2, -0.15) is 5.10 Å². The van der Waals surface area contributed by atoms with Gasteiger partial charge in [0.15, 0.2) is 5.69 Å². The lowest BCUT2D eigenvalue weighted by molar-refractivity contribution is 0.0699. The molecule has 166 valence electrons. The van der Waals surface area contributed by atoms with E-state index < -0.39 is 5.91 Å².